The molecule has 2 amide bonds. The van der Waals surface area contributed by atoms with Gasteiger partial charge in [0.05, 0.1) is 11.3 Å². The molecular formula is C26H26FN3O4. The van der Waals surface area contributed by atoms with Crippen LogP contribution in [0.15, 0.2) is 78.9 Å². The second-order valence-corrected chi connectivity index (χ2v) is 7.78. The zero-order valence-corrected chi connectivity index (χ0v) is 18.8. The van der Waals surface area contributed by atoms with Gasteiger partial charge in [0.2, 0.25) is 11.8 Å². The molecular weight excluding hydrogens is 437 g/mol. The van der Waals surface area contributed by atoms with Gasteiger partial charge in [0.15, 0.2) is 0 Å². The highest BCUT2D eigenvalue weighted by atomic mass is 19.1. The van der Waals surface area contributed by atoms with Crippen LogP contribution in [-0.2, 0) is 29.0 Å². The zero-order valence-electron chi connectivity index (χ0n) is 18.8. The van der Waals surface area contributed by atoms with E-state index in [4.69, 9.17) is 0 Å². The third-order valence-electron chi connectivity index (χ3n) is 5.45. The molecule has 0 aromatic heterocycles. The molecule has 176 valence electrons. The molecule has 3 aromatic carbocycles. The number of benzene rings is 3. The van der Waals surface area contributed by atoms with Crippen molar-refractivity contribution >= 4 is 17.5 Å². The average molecular weight is 464 g/mol. The topological polar surface area (TPSA) is 92.6 Å². The summed E-state index contributed by atoms with van der Waals surface area (Å²) >= 11 is 0. The lowest BCUT2D eigenvalue weighted by Crippen LogP contribution is -2.51. The molecule has 0 aliphatic rings. The molecule has 0 bridgehead atoms. The SMILES string of the molecule is CCNC(=O)[C@@H](Cc1ccccc1)N(Cc1ccccc1F)C(=O)Cc1ccccc1[N+](=O)[O-]. The van der Waals surface area contributed by atoms with Gasteiger partial charge in [-0.3, -0.25) is 19.7 Å². The number of nitrogens with one attached hydrogen (secondary N) is 1. The molecule has 0 heterocycles. The molecule has 1 atom stereocenters. The van der Waals surface area contributed by atoms with Crippen LogP contribution in [0.5, 0.6) is 0 Å². The van der Waals surface area contributed by atoms with Crippen molar-refractivity contribution < 1.29 is 18.9 Å². The lowest BCUT2D eigenvalue weighted by atomic mass is 10.0. The van der Waals surface area contributed by atoms with E-state index in [2.05, 4.69) is 5.32 Å². The number of halogens is 1. The molecule has 0 aliphatic carbocycles. The summed E-state index contributed by atoms with van der Waals surface area (Å²) in [6.45, 7) is 1.98. The van der Waals surface area contributed by atoms with Crippen molar-refractivity contribution in [3.05, 3.63) is 111 Å². The number of hydrogen-bond acceptors (Lipinski definition) is 4. The van der Waals surface area contributed by atoms with Gasteiger partial charge in [0.25, 0.3) is 5.69 Å². The van der Waals surface area contributed by atoms with Gasteiger partial charge in [0, 0.05) is 36.7 Å². The van der Waals surface area contributed by atoms with Gasteiger partial charge < -0.3 is 10.2 Å². The molecule has 7 nitrogen and oxygen atoms in total. The van der Waals surface area contributed by atoms with Crippen LogP contribution in [0.2, 0.25) is 0 Å². The molecule has 0 saturated heterocycles. The Morgan fingerprint density at radius 2 is 1.59 bits per heavy atom. The predicted octanol–water partition coefficient (Wildman–Crippen LogP) is 4.05. The van der Waals surface area contributed by atoms with Crippen LogP contribution in [0.1, 0.15) is 23.6 Å². The van der Waals surface area contributed by atoms with Crippen LogP contribution < -0.4 is 5.32 Å². The molecule has 0 unspecified atom stereocenters. The van der Waals surface area contributed by atoms with Crippen LogP contribution >= 0.6 is 0 Å². The first-order valence-electron chi connectivity index (χ1n) is 11.0. The van der Waals surface area contributed by atoms with Crippen molar-refractivity contribution in [2.24, 2.45) is 0 Å². The molecule has 0 radical (unpaired) electrons. The minimum atomic E-state index is -0.933. The number of nitrogens with zero attached hydrogens (tertiary/aromatic N) is 2. The molecule has 3 aromatic rings. The Kier molecular flexibility index (Phi) is 8.45. The van der Waals surface area contributed by atoms with Crippen molar-refractivity contribution in [3.63, 3.8) is 0 Å². The van der Waals surface area contributed by atoms with Crippen molar-refractivity contribution in [2.45, 2.75) is 32.4 Å². The Morgan fingerprint density at radius 1 is 0.971 bits per heavy atom. The molecule has 0 saturated carbocycles. The third-order valence-corrected chi connectivity index (χ3v) is 5.45. The molecule has 3 rings (SSSR count). The van der Waals surface area contributed by atoms with E-state index in [0.717, 1.165) is 5.56 Å². The van der Waals surface area contributed by atoms with Crippen LogP contribution in [0.4, 0.5) is 10.1 Å². The Labute approximate surface area is 197 Å². The largest absolute Gasteiger partial charge is 0.355 e. The smallest absolute Gasteiger partial charge is 0.273 e. The standard InChI is InChI=1S/C26H26FN3O4/c1-2-28-26(32)24(16-19-10-4-3-5-11-19)29(18-21-13-6-8-14-22(21)27)25(31)17-20-12-7-9-15-23(20)30(33)34/h3-15,24H,2,16-18H2,1H3,(H,28,32)/t24-/m1/s1. The summed E-state index contributed by atoms with van der Waals surface area (Å²) in [4.78, 5) is 38.8. The first-order valence-corrected chi connectivity index (χ1v) is 11.0. The minimum absolute atomic E-state index is 0.152. The Morgan fingerprint density at radius 3 is 2.24 bits per heavy atom. The fourth-order valence-electron chi connectivity index (χ4n) is 3.76. The maximum atomic E-state index is 14.5. The quantitative estimate of drug-likeness (QED) is 0.363. The highest BCUT2D eigenvalue weighted by Gasteiger charge is 2.31. The van der Waals surface area contributed by atoms with E-state index < -0.39 is 22.7 Å². The number of likely N-dealkylation sites (N-methyl/N-ethyl adjacent to an activating group) is 1. The summed E-state index contributed by atoms with van der Waals surface area (Å²) < 4.78 is 14.5. The molecule has 8 heteroatoms. The van der Waals surface area contributed by atoms with Gasteiger partial charge in [-0.05, 0) is 18.6 Å². The highest BCUT2D eigenvalue weighted by molar-refractivity contribution is 5.89. The maximum Gasteiger partial charge on any atom is 0.273 e. The third kappa shape index (κ3) is 6.25. The Bertz CT molecular complexity index is 1150. The van der Waals surface area contributed by atoms with Crippen LogP contribution in [0.3, 0.4) is 0 Å². The Balaban J connectivity index is 2.01. The molecule has 0 aliphatic heterocycles. The summed E-state index contributed by atoms with van der Waals surface area (Å²) in [7, 11) is 0. The van der Waals surface area contributed by atoms with Gasteiger partial charge in [0.1, 0.15) is 11.9 Å². The van der Waals surface area contributed by atoms with Crippen molar-refractivity contribution in [1.29, 1.82) is 0 Å². The Hall–Kier alpha value is -4.07. The fraction of sp³-hybridized carbons (Fsp3) is 0.231. The number of amides is 2. The van der Waals surface area contributed by atoms with Gasteiger partial charge in [-0.1, -0.05) is 66.7 Å². The van der Waals surface area contributed by atoms with E-state index >= 15 is 0 Å². The second kappa shape index (κ2) is 11.7. The lowest BCUT2D eigenvalue weighted by molar-refractivity contribution is -0.385. The summed E-state index contributed by atoms with van der Waals surface area (Å²) in [6, 6.07) is 20.3. The van der Waals surface area contributed by atoms with Crippen LogP contribution in [-0.4, -0.2) is 34.2 Å². The van der Waals surface area contributed by atoms with E-state index in [9.17, 15) is 24.1 Å². The monoisotopic (exact) mass is 463 g/mol. The molecule has 34 heavy (non-hydrogen) atoms. The number of carbonyl (C=O) groups is 2. The van der Waals surface area contributed by atoms with E-state index in [1.54, 1.807) is 31.2 Å². The molecule has 1 N–H and O–H groups in total. The first kappa shape index (κ1) is 24.6. The van der Waals surface area contributed by atoms with Crippen LogP contribution in [0.25, 0.3) is 0 Å². The normalized spacial score (nSPS) is 11.5. The number of para-hydroxylation sites is 1. The van der Waals surface area contributed by atoms with Crippen molar-refractivity contribution in [3.8, 4) is 0 Å². The maximum absolute atomic E-state index is 14.5. The van der Waals surface area contributed by atoms with E-state index in [0.29, 0.717) is 6.54 Å². The summed E-state index contributed by atoms with van der Waals surface area (Å²) in [5.74, 6) is -1.39. The van der Waals surface area contributed by atoms with E-state index in [-0.39, 0.29) is 42.1 Å². The van der Waals surface area contributed by atoms with E-state index in [1.165, 1.54) is 29.2 Å². The van der Waals surface area contributed by atoms with Crippen molar-refractivity contribution in [2.75, 3.05) is 6.54 Å². The van der Waals surface area contributed by atoms with Gasteiger partial charge in [-0.15, -0.1) is 0 Å². The van der Waals surface area contributed by atoms with Gasteiger partial charge >= 0.3 is 0 Å². The zero-order chi connectivity index (χ0) is 24.5. The summed E-state index contributed by atoms with van der Waals surface area (Å²) in [6.07, 6.45) is -0.0833. The highest BCUT2D eigenvalue weighted by Crippen LogP contribution is 2.22. The number of carbonyl (C=O) groups excluding carboxylic acids is 2. The molecule has 0 fully saturated rings. The lowest BCUT2D eigenvalue weighted by Gasteiger charge is -2.31. The number of nitro benzene ring substituents is 1. The van der Waals surface area contributed by atoms with Crippen molar-refractivity contribution in [1.82, 2.24) is 10.2 Å². The van der Waals surface area contributed by atoms with Gasteiger partial charge in [-0.25, -0.2) is 4.39 Å². The summed E-state index contributed by atoms with van der Waals surface area (Å²) in [5, 5.41) is 14.2. The average Bonchev–Trinajstić information content (AvgIpc) is 2.83. The van der Waals surface area contributed by atoms with Gasteiger partial charge in [-0.2, -0.15) is 0 Å². The first-order chi connectivity index (χ1) is 16.4. The van der Waals surface area contributed by atoms with E-state index in [1.807, 2.05) is 30.3 Å². The number of hydrogen-bond donors (Lipinski definition) is 1. The number of rotatable bonds is 10. The fourth-order valence-corrected chi connectivity index (χ4v) is 3.76. The minimum Gasteiger partial charge on any atom is -0.355 e. The number of nitro groups is 1. The van der Waals surface area contributed by atoms with Crippen LogP contribution in [0, 0.1) is 15.9 Å². The molecule has 0 spiro atoms. The summed E-state index contributed by atoms with van der Waals surface area (Å²) in [5.41, 5.74) is 1.13. The predicted molar refractivity (Wildman–Crippen MR) is 126 cm³/mol. The second-order valence-electron chi connectivity index (χ2n) is 7.78.